The number of nitriles is 1. The molecule has 2 aliphatic rings. The van der Waals surface area contributed by atoms with Crippen molar-refractivity contribution >= 4 is 22.6 Å². The summed E-state index contributed by atoms with van der Waals surface area (Å²) in [4.78, 5) is 8.78. The lowest BCUT2D eigenvalue weighted by atomic mass is 9.86. The van der Waals surface area contributed by atoms with E-state index in [0.717, 1.165) is 12.0 Å². The molecule has 1 aliphatic heterocycles. The van der Waals surface area contributed by atoms with Crippen LogP contribution in [-0.4, -0.2) is 22.0 Å². The zero-order valence-corrected chi connectivity index (χ0v) is 12.1. The Morgan fingerprint density at radius 3 is 2.95 bits per heavy atom. The van der Waals surface area contributed by atoms with E-state index in [1.807, 2.05) is 6.92 Å². The minimum absolute atomic E-state index is 0.0924. The average Bonchev–Trinajstić information content (AvgIpc) is 3.14. The summed E-state index contributed by atoms with van der Waals surface area (Å²) in [5.41, 5.74) is 12.5. The zero-order valence-electron chi connectivity index (χ0n) is 11.3. The molecule has 6 nitrogen and oxygen atoms in total. The van der Waals surface area contributed by atoms with E-state index >= 15 is 0 Å². The minimum atomic E-state index is -0.626. The Morgan fingerprint density at radius 1 is 1.55 bits per heavy atom. The van der Waals surface area contributed by atoms with Crippen LogP contribution in [0.15, 0.2) is 17.3 Å². The number of hydrogen-bond acceptors (Lipinski definition) is 7. The molecule has 0 saturated heterocycles. The van der Waals surface area contributed by atoms with Crippen molar-refractivity contribution in [3.05, 3.63) is 17.8 Å². The van der Waals surface area contributed by atoms with Gasteiger partial charge in [0.2, 0.25) is 5.88 Å². The van der Waals surface area contributed by atoms with Crippen LogP contribution in [0.4, 0.5) is 5.69 Å². The molecule has 0 spiro atoms. The predicted octanol–water partition coefficient (Wildman–Crippen LogP) is 1.23. The van der Waals surface area contributed by atoms with Crippen molar-refractivity contribution in [2.24, 2.45) is 16.6 Å². The maximum atomic E-state index is 9.42. The van der Waals surface area contributed by atoms with E-state index in [1.165, 1.54) is 11.8 Å². The first kappa shape index (κ1) is 13.1. The maximum absolute atomic E-state index is 9.42. The molecule has 1 saturated carbocycles. The normalized spacial score (nSPS) is 34.6. The van der Waals surface area contributed by atoms with E-state index in [9.17, 15) is 5.26 Å². The van der Waals surface area contributed by atoms with Crippen LogP contribution in [0, 0.1) is 17.2 Å². The van der Waals surface area contributed by atoms with Crippen LogP contribution in [0.1, 0.15) is 18.9 Å². The summed E-state index contributed by atoms with van der Waals surface area (Å²) in [6.45, 7) is 1.96. The number of aromatic nitrogens is 1. The molecule has 1 aromatic heterocycles. The van der Waals surface area contributed by atoms with Crippen molar-refractivity contribution in [2.45, 2.75) is 23.6 Å². The van der Waals surface area contributed by atoms with Crippen LogP contribution in [0.2, 0.25) is 0 Å². The summed E-state index contributed by atoms with van der Waals surface area (Å²) < 4.78 is 4.84. The number of methoxy groups -OCH3 is 1. The van der Waals surface area contributed by atoms with E-state index in [2.05, 4.69) is 16.0 Å². The fourth-order valence-electron chi connectivity index (χ4n) is 2.91. The summed E-state index contributed by atoms with van der Waals surface area (Å²) in [5, 5.41) is 9.84. The van der Waals surface area contributed by atoms with E-state index in [0.29, 0.717) is 16.7 Å². The molecule has 2 heterocycles. The van der Waals surface area contributed by atoms with Crippen LogP contribution < -0.4 is 16.2 Å². The number of ether oxygens (including phenoxy) is 1. The number of anilines is 1. The van der Waals surface area contributed by atoms with Crippen LogP contribution in [0.5, 0.6) is 5.88 Å². The number of nitrogen functional groups attached to an aromatic ring is 1. The van der Waals surface area contributed by atoms with Gasteiger partial charge < -0.3 is 16.2 Å². The Labute approximate surface area is 121 Å². The van der Waals surface area contributed by atoms with Gasteiger partial charge in [0.25, 0.3) is 0 Å². The number of fused-ring (bicyclic) bond motifs is 1. The smallest absolute Gasteiger partial charge is 0.218 e. The Hall–Kier alpha value is -1.94. The number of aliphatic imine (C=N–C) groups is 1. The van der Waals surface area contributed by atoms with Crippen molar-refractivity contribution in [3.8, 4) is 11.9 Å². The number of amidine groups is 1. The number of thioether (sulfide) groups is 1. The molecule has 1 fully saturated rings. The predicted molar refractivity (Wildman–Crippen MR) is 78.2 cm³/mol. The van der Waals surface area contributed by atoms with Gasteiger partial charge in [0.1, 0.15) is 4.75 Å². The van der Waals surface area contributed by atoms with Crippen molar-refractivity contribution in [1.29, 1.82) is 5.26 Å². The Bertz CT molecular complexity index is 655. The van der Waals surface area contributed by atoms with Crippen LogP contribution >= 0.6 is 11.8 Å². The second-order valence-electron chi connectivity index (χ2n) is 5.28. The monoisotopic (exact) mass is 289 g/mol. The van der Waals surface area contributed by atoms with Gasteiger partial charge >= 0.3 is 0 Å². The highest BCUT2D eigenvalue weighted by molar-refractivity contribution is 8.15. The second kappa shape index (κ2) is 4.03. The second-order valence-corrected chi connectivity index (χ2v) is 6.63. The van der Waals surface area contributed by atoms with Gasteiger partial charge in [-0.3, -0.25) is 4.99 Å². The highest BCUT2D eigenvalue weighted by atomic mass is 32.2. The zero-order chi connectivity index (χ0) is 14.5. The third kappa shape index (κ3) is 1.64. The molecule has 0 aromatic carbocycles. The summed E-state index contributed by atoms with van der Waals surface area (Å²) in [5.74, 6) is 0.568. The highest BCUT2D eigenvalue weighted by Gasteiger charge is 2.67. The van der Waals surface area contributed by atoms with Gasteiger partial charge in [0, 0.05) is 11.5 Å². The fraction of sp³-hybridized carbons (Fsp3) is 0.462. The van der Waals surface area contributed by atoms with E-state index in [-0.39, 0.29) is 5.92 Å². The Kier molecular flexibility index (Phi) is 2.63. The van der Waals surface area contributed by atoms with Crippen LogP contribution in [0.3, 0.4) is 0 Å². The van der Waals surface area contributed by atoms with Crippen molar-refractivity contribution in [3.63, 3.8) is 0 Å². The van der Waals surface area contributed by atoms with Gasteiger partial charge in [-0.25, -0.2) is 4.98 Å². The summed E-state index contributed by atoms with van der Waals surface area (Å²) >= 11 is 1.35. The molecular formula is C13H15N5OS. The van der Waals surface area contributed by atoms with E-state index < -0.39 is 10.3 Å². The van der Waals surface area contributed by atoms with Crippen molar-refractivity contribution in [2.75, 3.05) is 12.8 Å². The molecule has 104 valence electrons. The number of pyridine rings is 1. The number of nitrogens with two attached hydrogens (primary N) is 2. The van der Waals surface area contributed by atoms with Crippen molar-refractivity contribution in [1.82, 2.24) is 4.98 Å². The summed E-state index contributed by atoms with van der Waals surface area (Å²) in [6.07, 6.45) is 2.30. The maximum Gasteiger partial charge on any atom is 0.218 e. The number of rotatable bonds is 2. The van der Waals surface area contributed by atoms with Gasteiger partial charge in [-0.2, -0.15) is 5.26 Å². The van der Waals surface area contributed by atoms with Crippen molar-refractivity contribution < 1.29 is 4.74 Å². The molecule has 1 aliphatic carbocycles. The molecule has 0 unspecified atom stereocenters. The molecular weight excluding hydrogens is 274 g/mol. The highest BCUT2D eigenvalue weighted by Crippen LogP contribution is 2.66. The Balaban J connectivity index is 2.16. The number of hydrogen-bond donors (Lipinski definition) is 2. The molecule has 3 atom stereocenters. The lowest BCUT2D eigenvalue weighted by Gasteiger charge is -2.32. The SMILES string of the molecule is COc1ncc(N)cc1[C@@]1(C)N=C(N)S[C@@]2(C#N)C[C@H]21. The average molecular weight is 289 g/mol. The standard InChI is InChI=1S/C13H15N5OS/c1-12(8-3-7(15)5-17-10(8)19-2)9-4-13(9,6-14)20-11(16)18-12/h3,5,9H,4,15H2,1-2H3,(H2,16,18)/t9-,12+,13+/m0/s1. The third-order valence-corrected chi connectivity index (χ3v) is 5.23. The molecule has 0 amide bonds. The first-order valence-electron chi connectivity index (χ1n) is 6.21. The van der Waals surface area contributed by atoms with Crippen LogP contribution in [-0.2, 0) is 5.54 Å². The summed E-state index contributed by atoms with van der Waals surface area (Å²) in [7, 11) is 1.56. The Morgan fingerprint density at radius 2 is 2.30 bits per heavy atom. The minimum Gasteiger partial charge on any atom is -0.481 e. The van der Waals surface area contributed by atoms with E-state index in [4.69, 9.17) is 16.2 Å². The van der Waals surface area contributed by atoms with Gasteiger partial charge in [0.05, 0.1) is 30.6 Å². The third-order valence-electron chi connectivity index (χ3n) is 4.02. The van der Waals surface area contributed by atoms with E-state index in [1.54, 1.807) is 19.4 Å². The first-order chi connectivity index (χ1) is 9.45. The molecule has 3 rings (SSSR count). The molecule has 20 heavy (non-hydrogen) atoms. The van der Waals surface area contributed by atoms with Gasteiger partial charge in [-0.1, -0.05) is 11.8 Å². The lowest BCUT2D eigenvalue weighted by molar-refractivity contribution is 0.355. The first-order valence-corrected chi connectivity index (χ1v) is 7.02. The van der Waals surface area contributed by atoms with Gasteiger partial charge in [-0.15, -0.1) is 0 Å². The quantitative estimate of drug-likeness (QED) is 0.847. The molecule has 7 heteroatoms. The molecule has 4 N–H and O–H groups in total. The molecule has 1 aromatic rings. The van der Waals surface area contributed by atoms with Crippen LogP contribution in [0.25, 0.3) is 0 Å². The van der Waals surface area contributed by atoms with Gasteiger partial charge in [0.15, 0.2) is 5.17 Å². The largest absolute Gasteiger partial charge is 0.481 e. The lowest BCUT2D eigenvalue weighted by Crippen LogP contribution is -2.35. The molecule has 0 radical (unpaired) electrons. The summed E-state index contributed by atoms with van der Waals surface area (Å²) in [6, 6.07) is 4.18. The van der Waals surface area contributed by atoms with Gasteiger partial charge in [-0.05, 0) is 19.4 Å². The topological polar surface area (TPSA) is 110 Å². The fourth-order valence-corrected chi connectivity index (χ4v) is 4.19. The molecule has 0 bridgehead atoms. The number of nitrogens with zero attached hydrogens (tertiary/aromatic N) is 3.